The fraction of sp³-hybridized carbons (Fsp3) is 0.438. The van der Waals surface area contributed by atoms with Crippen LogP contribution in [0.25, 0.3) is 0 Å². The number of nitrogens with zero attached hydrogens (tertiary/aromatic N) is 1. The highest BCUT2D eigenvalue weighted by Crippen LogP contribution is 2.25. The predicted octanol–water partition coefficient (Wildman–Crippen LogP) is 3.66. The van der Waals surface area contributed by atoms with Gasteiger partial charge >= 0.3 is 0 Å². The zero-order valence-corrected chi connectivity index (χ0v) is 13.4. The molecule has 0 aliphatic heterocycles. The maximum Gasteiger partial charge on any atom is 0.109 e. The van der Waals surface area contributed by atoms with Gasteiger partial charge in [-0.05, 0) is 31.5 Å². The Kier molecular flexibility index (Phi) is 4.45. The Balaban J connectivity index is 2.00. The van der Waals surface area contributed by atoms with Crippen LogP contribution in [0.15, 0.2) is 30.5 Å². The van der Waals surface area contributed by atoms with Gasteiger partial charge in [-0.3, -0.25) is 0 Å². The molecule has 0 saturated carbocycles. The first kappa shape index (κ1) is 15.0. The van der Waals surface area contributed by atoms with E-state index >= 15 is 0 Å². The summed E-state index contributed by atoms with van der Waals surface area (Å²) in [4.78, 5) is 5.70. The number of thiazole rings is 1. The molecule has 1 aromatic carbocycles. The SMILES string of the molecule is Cc1cnc(C(C)NCC(C)(C)c2ccc(N)cc2)s1. The first-order valence-electron chi connectivity index (χ1n) is 6.90. The lowest BCUT2D eigenvalue weighted by Crippen LogP contribution is -2.34. The molecule has 3 N–H and O–H groups in total. The highest BCUT2D eigenvalue weighted by atomic mass is 32.1. The average molecular weight is 289 g/mol. The average Bonchev–Trinajstić information content (AvgIpc) is 2.83. The van der Waals surface area contributed by atoms with Crippen LogP contribution in [0.2, 0.25) is 0 Å². The van der Waals surface area contributed by atoms with Gasteiger partial charge in [-0.1, -0.05) is 26.0 Å². The zero-order valence-electron chi connectivity index (χ0n) is 12.6. The highest BCUT2D eigenvalue weighted by Gasteiger charge is 2.22. The van der Waals surface area contributed by atoms with Gasteiger partial charge in [0.05, 0.1) is 6.04 Å². The van der Waals surface area contributed by atoms with Crippen LogP contribution in [-0.2, 0) is 5.41 Å². The third-order valence-corrected chi connectivity index (χ3v) is 4.65. The van der Waals surface area contributed by atoms with Crippen LogP contribution in [0.5, 0.6) is 0 Å². The first-order chi connectivity index (χ1) is 9.38. The van der Waals surface area contributed by atoms with Crippen molar-refractivity contribution < 1.29 is 0 Å². The van der Waals surface area contributed by atoms with E-state index in [2.05, 4.69) is 50.1 Å². The third kappa shape index (κ3) is 3.58. The highest BCUT2D eigenvalue weighted by molar-refractivity contribution is 7.11. The lowest BCUT2D eigenvalue weighted by atomic mass is 9.84. The van der Waals surface area contributed by atoms with Crippen LogP contribution >= 0.6 is 11.3 Å². The van der Waals surface area contributed by atoms with Crippen molar-refractivity contribution >= 4 is 17.0 Å². The summed E-state index contributed by atoms with van der Waals surface area (Å²) in [5, 5.41) is 4.73. The van der Waals surface area contributed by atoms with Crippen LogP contribution < -0.4 is 11.1 Å². The molecule has 20 heavy (non-hydrogen) atoms. The molecular formula is C16H23N3S. The molecule has 1 atom stereocenters. The summed E-state index contributed by atoms with van der Waals surface area (Å²) in [6, 6.07) is 8.42. The van der Waals surface area contributed by atoms with E-state index < -0.39 is 0 Å². The van der Waals surface area contributed by atoms with E-state index in [9.17, 15) is 0 Å². The Morgan fingerprint density at radius 2 is 1.95 bits per heavy atom. The minimum atomic E-state index is 0.0638. The standard InChI is InChI=1S/C16H23N3S/c1-11-9-18-15(20-11)12(2)19-10-16(3,4)13-5-7-14(17)8-6-13/h5-9,12,19H,10,17H2,1-4H3. The number of hydrogen-bond donors (Lipinski definition) is 2. The van der Waals surface area contributed by atoms with Crippen molar-refractivity contribution in [3.63, 3.8) is 0 Å². The van der Waals surface area contributed by atoms with Crippen LogP contribution in [0.4, 0.5) is 5.69 Å². The van der Waals surface area contributed by atoms with Crippen LogP contribution in [0, 0.1) is 6.92 Å². The van der Waals surface area contributed by atoms with Gasteiger partial charge in [0, 0.05) is 28.7 Å². The van der Waals surface area contributed by atoms with Crippen molar-refractivity contribution in [1.82, 2.24) is 10.3 Å². The number of rotatable bonds is 5. The van der Waals surface area contributed by atoms with Crippen LogP contribution in [-0.4, -0.2) is 11.5 Å². The predicted molar refractivity (Wildman–Crippen MR) is 87.1 cm³/mol. The zero-order chi connectivity index (χ0) is 14.8. The number of hydrogen-bond acceptors (Lipinski definition) is 4. The Bertz CT molecular complexity index is 557. The van der Waals surface area contributed by atoms with Gasteiger partial charge in [0.15, 0.2) is 0 Å². The largest absolute Gasteiger partial charge is 0.399 e. The molecule has 0 aliphatic carbocycles. The number of nitrogens with two attached hydrogens (primary N) is 1. The number of benzene rings is 1. The Labute approximate surface area is 125 Å². The van der Waals surface area contributed by atoms with E-state index in [-0.39, 0.29) is 11.5 Å². The molecule has 0 aliphatic rings. The van der Waals surface area contributed by atoms with Gasteiger partial charge in [0.1, 0.15) is 5.01 Å². The molecular weight excluding hydrogens is 266 g/mol. The summed E-state index contributed by atoms with van der Waals surface area (Å²) in [6.07, 6.45) is 1.93. The molecule has 2 aromatic rings. The molecule has 0 amide bonds. The smallest absolute Gasteiger partial charge is 0.109 e. The Morgan fingerprint density at radius 1 is 1.30 bits per heavy atom. The number of nitrogen functional groups attached to an aromatic ring is 1. The van der Waals surface area contributed by atoms with Gasteiger partial charge in [0.25, 0.3) is 0 Å². The molecule has 0 bridgehead atoms. The molecule has 0 radical (unpaired) electrons. The second kappa shape index (κ2) is 5.94. The van der Waals surface area contributed by atoms with Crippen LogP contribution in [0.1, 0.15) is 42.3 Å². The summed E-state index contributed by atoms with van der Waals surface area (Å²) in [5.41, 5.74) is 7.91. The monoisotopic (exact) mass is 289 g/mol. The van der Waals surface area contributed by atoms with E-state index in [0.29, 0.717) is 0 Å². The van der Waals surface area contributed by atoms with Crippen molar-refractivity contribution in [2.24, 2.45) is 0 Å². The Hall–Kier alpha value is -1.39. The third-order valence-electron chi connectivity index (χ3n) is 3.55. The van der Waals surface area contributed by atoms with E-state index in [1.165, 1.54) is 10.4 Å². The van der Waals surface area contributed by atoms with Crippen LogP contribution in [0.3, 0.4) is 0 Å². The second-order valence-electron chi connectivity index (χ2n) is 5.92. The molecule has 1 aromatic heterocycles. The van der Waals surface area contributed by atoms with Crippen molar-refractivity contribution in [3.05, 3.63) is 45.9 Å². The normalized spacial score (nSPS) is 13.4. The Morgan fingerprint density at radius 3 is 2.50 bits per heavy atom. The number of anilines is 1. The summed E-state index contributed by atoms with van der Waals surface area (Å²) >= 11 is 1.75. The van der Waals surface area contributed by atoms with Gasteiger partial charge in [-0.2, -0.15) is 0 Å². The van der Waals surface area contributed by atoms with Gasteiger partial charge in [-0.25, -0.2) is 4.98 Å². The summed E-state index contributed by atoms with van der Waals surface area (Å²) in [5.74, 6) is 0. The van der Waals surface area contributed by atoms with Gasteiger partial charge < -0.3 is 11.1 Å². The fourth-order valence-corrected chi connectivity index (χ4v) is 2.91. The summed E-state index contributed by atoms with van der Waals surface area (Å²) in [7, 11) is 0. The maximum atomic E-state index is 5.75. The quantitative estimate of drug-likeness (QED) is 0.826. The number of aryl methyl sites for hydroxylation is 1. The first-order valence-corrected chi connectivity index (χ1v) is 7.72. The molecule has 0 spiro atoms. The second-order valence-corrected chi connectivity index (χ2v) is 7.18. The van der Waals surface area contributed by atoms with Crippen molar-refractivity contribution in [1.29, 1.82) is 0 Å². The lowest BCUT2D eigenvalue weighted by Gasteiger charge is -2.27. The van der Waals surface area contributed by atoms with E-state index in [1.807, 2.05) is 18.3 Å². The van der Waals surface area contributed by atoms with Crippen molar-refractivity contribution in [3.8, 4) is 0 Å². The molecule has 4 heteroatoms. The van der Waals surface area contributed by atoms with E-state index in [1.54, 1.807) is 11.3 Å². The van der Waals surface area contributed by atoms with Crippen molar-refractivity contribution in [2.75, 3.05) is 12.3 Å². The molecule has 0 fully saturated rings. The molecule has 108 valence electrons. The van der Waals surface area contributed by atoms with E-state index in [0.717, 1.165) is 17.2 Å². The maximum absolute atomic E-state index is 5.75. The minimum absolute atomic E-state index is 0.0638. The molecule has 2 rings (SSSR count). The minimum Gasteiger partial charge on any atom is -0.399 e. The molecule has 0 saturated heterocycles. The summed E-state index contributed by atoms with van der Waals surface area (Å²) in [6.45, 7) is 9.64. The van der Waals surface area contributed by atoms with Gasteiger partial charge in [-0.15, -0.1) is 11.3 Å². The number of nitrogens with one attached hydrogen (secondary N) is 1. The molecule has 3 nitrogen and oxygen atoms in total. The topological polar surface area (TPSA) is 50.9 Å². The lowest BCUT2D eigenvalue weighted by molar-refractivity contribution is 0.435. The number of aromatic nitrogens is 1. The van der Waals surface area contributed by atoms with Gasteiger partial charge in [0.2, 0.25) is 0 Å². The van der Waals surface area contributed by atoms with Crippen molar-refractivity contribution in [2.45, 2.75) is 39.2 Å². The van der Waals surface area contributed by atoms with E-state index in [4.69, 9.17) is 5.73 Å². The fourth-order valence-electron chi connectivity index (χ4n) is 2.10. The summed E-state index contributed by atoms with van der Waals surface area (Å²) < 4.78 is 0. The molecule has 1 heterocycles. The molecule has 1 unspecified atom stereocenters.